The van der Waals surface area contributed by atoms with Gasteiger partial charge in [0.2, 0.25) is 5.91 Å². The summed E-state index contributed by atoms with van der Waals surface area (Å²) in [5.41, 5.74) is 8.46. The molecule has 0 spiro atoms. The van der Waals surface area contributed by atoms with Crippen molar-refractivity contribution < 1.29 is 4.79 Å². The molecule has 2 unspecified atom stereocenters. The Bertz CT molecular complexity index is 386. The van der Waals surface area contributed by atoms with Crippen molar-refractivity contribution in [2.75, 3.05) is 6.54 Å². The molecule has 0 bridgehead atoms. The minimum absolute atomic E-state index is 0.0421. The lowest BCUT2D eigenvalue weighted by Crippen LogP contribution is -2.45. The van der Waals surface area contributed by atoms with Crippen molar-refractivity contribution in [1.29, 1.82) is 0 Å². The fourth-order valence-electron chi connectivity index (χ4n) is 1.90. The van der Waals surface area contributed by atoms with Crippen molar-refractivity contribution in [3.8, 4) is 0 Å². The molecule has 0 aromatic heterocycles. The molecule has 1 amide bonds. The summed E-state index contributed by atoms with van der Waals surface area (Å²) in [6, 6.07) is 8.14. The molecular weight excluding hydrogens is 236 g/mol. The Morgan fingerprint density at radius 3 is 2.32 bits per heavy atom. The van der Waals surface area contributed by atoms with Crippen molar-refractivity contribution in [2.45, 2.75) is 46.1 Å². The number of amides is 1. The number of hydrogen-bond acceptors (Lipinski definition) is 2. The Hall–Kier alpha value is -1.35. The van der Waals surface area contributed by atoms with Gasteiger partial charge in [-0.05, 0) is 29.9 Å². The van der Waals surface area contributed by atoms with Gasteiger partial charge in [0, 0.05) is 6.54 Å². The Morgan fingerprint density at radius 1 is 1.21 bits per heavy atom. The summed E-state index contributed by atoms with van der Waals surface area (Å²) in [6.45, 7) is 6.85. The highest BCUT2D eigenvalue weighted by atomic mass is 16.2. The van der Waals surface area contributed by atoms with Crippen LogP contribution < -0.4 is 11.1 Å². The lowest BCUT2D eigenvalue weighted by Gasteiger charge is -2.17. The van der Waals surface area contributed by atoms with Crippen LogP contribution in [-0.2, 0) is 17.6 Å². The van der Waals surface area contributed by atoms with Gasteiger partial charge in [-0.3, -0.25) is 4.79 Å². The predicted octanol–water partition coefficient (Wildman–Crippen LogP) is 2.28. The first-order valence-corrected chi connectivity index (χ1v) is 7.19. The molecule has 0 aliphatic carbocycles. The standard InChI is InChI=1S/C16H26N2O/c1-4-12(3)15(17)16(19)18-11-10-14-8-6-13(5-2)7-9-14/h6-9,12,15H,4-5,10-11,17H2,1-3H3,(H,18,19). The molecule has 1 aromatic carbocycles. The van der Waals surface area contributed by atoms with Gasteiger partial charge >= 0.3 is 0 Å². The SMILES string of the molecule is CCc1ccc(CCNC(=O)C(N)C(C)CC)cc1. The third-order valence-corrected chi connectivity index (χ3v) is 3.70. The molecule has 0 aliphatic heterocycles. The molecule has 1 aromatic rings. The second-order valence-corrected chi connectivity index (χ2v) is 5.12. The number of aryl methyl sites for hydroxylation is 1. The van der Waals surface area contributed by atoms with Crippen LogP contribution in [-0.4, -0.2) is 18.5 Å². The second-order valence-electron chi connectivity index (χ2n) is 5.12. The smallest absolute Gasteiger partial charge is 0.237 e. The molecule has 1 rings (SSSR count). The molecule has 19 heavy (non-hydrogen) atoms. The van der Waals surface area contributed by atoms with E-state index in [-0.39, 0.29) is 11.8 Å². The van der Waals surface area contributed by atoms with Gasteiger partial charge in [0.1, 0.15) is 0 Å². The van der Waals surface area contributed by atoms with E-state index in [9.17, 15) is 4.79 Å². The minimum atomic E-state index is -0.396. The van der Waals surface area contributed by atoms with Gasteiger partial charge in [-0.15, -0.1) is 0 Å². The highest BCUT2D eigenvalue weighted by Gasteiger charge is 2.18. The van der Waals surface area contributed by atoms with E-state index in [2.05, 4.69) is 36.5 Å². The molecule has 2 atom stereocenters. The van der Waals surface area contributed by atoms with Gasteiger partial charge in [-0.1, -0.05) is 51.5 Å². The first-order valence-electron chi connectivity index (χ1n) is 7.19. The summed E-state index contributed by atoms with van der Waals surface area (Å²) >= 11 is 0. The molecule has 0 saturated carbocycles. The Kier molecular flexibility index (Phi) is 6.57. The molecule has 0 fully saturated rings. The average Bonchev–Trinajstić information content (AvgIpc) is 2.46. The van der Waals surface area contributed by atoms with Gasteiger partial charge in [0.15, 0.2) is 0 Å². The maximum Gasteiger partial charge on any atom is 0.237 e. The summed E-state index contributed by atoms with van der Waals surface area (Å²) in [4.78, 5) is 11.8. The van der Waals surface area contributed by atoms with Crippen molar-refractivity contribution in [3.63, 3.8) is 0 Å². The lowest BCUT2D eigenvalue weighted by atomic mass is 9.99. The molecule has 0 heterocycles. The third kappa shape index (κ3) is 5.03. The number of nitrogens with one attached hydrogen (secondary N) is 1. The maximum atomic E-state index is 11.8. The van der Waals surface area contributed by atoms with Crippen LogP contribution >= 0.6 is 0 Å². The number of benzene rings is 1. The zero-order valence-electron chi connectivity index (χ0n) is 12.3. The number of nitrogens with two attached hydrogens (primary N) is 1. The topological polar surface area (TPSA) is 55.1 Å². The molecule has 3 nitrogen and oxygen atoms in total. The third-order valence-electron chi connectivity index (χ3n) is 3.70. The molecule has 3 heteroatoms. The van der Waals surface area contributed by atoms with E-state index in [0.717, 1.165) is 19.3 Å². The molecule has 0 radical (unpaired) electrons. The quantitative estimate of drug-likeness (QED) is 0.792. The summed E-state index contributed by atoms with van der Waals surface area (Å²) in [6.07, 6.45) is 2.83. The Labute approximate surface area is 116 Å². The van der Waals surface area contributed by atoms with E-state index in [4.69, 9.17) is 5.73 Å². The summed E-state index contributed by atoms with van der Waals surface area (Å²) < 4.78 is 0. The zero-order chi connectivity index (χ0) is 14.3. The van der Waals surface area contributed by atoms with Gasteiger partial charge < -0.3 is 11.1 Å². The van der Waals surface area contributed by atoms with Crippen molar-refractivity contribution in [3.05, 3.63) is 35.4 Å². The van der Waals surface area contributed by atoms with Crippen molar-refractivity contribution in [1.82, 2.24) is 5.32 Å². The minimum Gasteiger partial charge on any atom is -0.354 e. The van der Waals surface area contributed by atoms with Crippen LogP contribution in [0.15, 0.2) is 24.3 Å². The van der Waals surface area contributed by atoms with E-state index < -0.39 is 6.04 Å². The fraction of sp³-hybridized carbons (Fsp3) is 0.562. The molecule has 106 valence electrons. The molecule has 0 aliphatic rings. The summed E-state index contributed by atoms with van der Waals surface area (Å²) in [5, 5.41) is 2.91. The Balaban J connectivity index is 2.35. The summed E-state index contributed by atoms with van der Waals surface area (Å²) in [7, 11) is 0. The van der Waals surface area contributed by atoms with Crippen LogP contribution in [0.2, 0.25) is 0 Å². The number of hydrogen-bond donors (Lipinski definition) is 2. The van der Waals surface area contributed by atoms with Crippen LogP contribution in [0.1, 0.15) is 38.3 Å². The molecule has 0 saturated heterocycles. The van der Waals surface area contributed by atoms with Crippen molar-refractivity contribution in [2.24, 2.45) is 11.7 Å². The second kappa shape index (κ2) is 7.95. The van der Waals surface area contributed by atoms with E-state index in [1.54, 1.807) is 0 Å². The lowest BCUT2D eigenvalue weighted by molar-refractivity contribution is -0.123. The monoisotopic (exact) mass is 262 g/mol. The molecular formula is C16H26N2O. The number of rotatable bonds is 7. The fourth-order valence-corrected chi connectivity index (χ4v) is 1.90. The first-order chi connectivity index (χ1) is 9.08. The normalized spacial score (nSPS) is 13.9. The zero-order valence-corrected chi connectivity index (χ0v) is 12.3. The van der Waals surface area contributed by atoms with E-state index >= 15 is 0 Å². The van der Waals surface area contributed by atoms with Crippen molar-refractivity contribution >= 4 is 5.91 Å². The van der Waals surface area contributed by atoms with Crippen LogP contribution in [0.3, 0.4) is 0 Å². The van der Waals surface area contributed by atoms with Gasteiger partial charge in [0.05, 0.1) is 6.04 Å². The van der Waals surface area contributed by atoms with Crippen LogP contribution in [0, 0.1) is 5.92 Å². The van der Waals surface area contributed by atoms with Crippen LogP contribution in [0.5, 0.6) is 0 Å². The summed E-state index contributed by atoms with van der Waals surface area (Å²) in [5.74, 6) is 0.184. The van der Waals surface area contributed by atoms with E-state index in [1.807, 2.05) is 13.8 Å². The van der Waals surface area contributed by atoms with Crippen LogP contribution in [0.4, 0.5) is 0 Å². The largest absolute Gasteiger partial charge is 0.354 e. The highest BCUT2D eigenvalue weighted by molar-refractivity contribution is 5.81. The number of carbonyl (C=O) groups excluding carboxylic acids is 1. The van der Waals surface area contributed by atoms with Gasteiger partial charge in [0.25, 0.3) is 0 Å². The van der Waals surface area contributed by atoms with Gasteiger partial charge in [-0.2, -0.15) is 0 Å². The number of carbonyl (C=O) groups is 1. The van der Waals surface area contributed by atoms with Gasteiger partial charge in [-0.25, -0.2) is 0 Å². The molecule has 3 N–H and O–H groups in total. The average molecular weight is 262 g/mol. The Morgan fingerprint density at radius 2 is 1.79 bits per heavy atom. The predicted molar refractivity (Wildman–Crippen MR) is 80.0 cm³/mol. The maximum absolute atomic E-state index is 11.8. The first kappa shape index (κ1) is 15.7. The van der Waals surface area contributed by atoms with Crippen LogP contribution in [0.25, 0.3) is 0 Å². The highest BCUT2D eigenvalue weighted by Crippen LogP contribution is 2.06. The van der Waals surface area contributed by atoms with E-state index in [0.29, 0.717) is 6.54 Å². The van der Waals surface area contributed by atoms with E-state index in [1.165, 1.54) is 11.1 Å².